The van der Waals surface area contributed by atoms with Crippen LogP contribution in [0.2, 0.25) is 0 Å². The van der Waals surface area contributed by atoms with Crippen LogP contribution >= 0.6 is 0 Å². The van der Waals surface area contributed by atoms with Gasteiger partial charge in [-0.25, -0.2) is 0 Å². The Morgan fingerprint density at radius 2 is 1.10 bits per heavy atom. The second kappa shape index (κ2) is 10.1. The molecule has 0 bridgehead atoms. The Hall–Kier alpha value is -0.560. The van der Waals surface area contributed by atoms with Crippen molar-refractivity contribution in [1.82, 2.24) is 0 Å². The first-order valence-corrected chi connectivity index (χ1v) is 9.86. The third-order valence-electron chi connectivity index (χ3n) is 5.71. The fourth-order valence-electron chi connectivity index (χ4n) is 3.78. The van der Waals surface area contributed by atoms with E-state index >= 15 is 0 Å². The van der Waals surface area contributed by atoms with Gasteiger partial charge in [0.05, 0.1) is 19.3 Å². The summed E-state index contributed by atoms with van der Waals surface area (Å²) in [5.74, 6) is 0. The van der Waals surface area contributed by atoms with E-state index in [9.17, 15) is 40.9 Å². The first-order chi connectivity index (χ1) is 14.6. The molecule has 3 aliphatic rings. The fraction of sp³-hybridized carbons (Fsp3) is 1.00. The van der Waals surface area contributed by atoms with Crippen molar-refractivity contribution >= 4 is 0 Å². The van der Waals surface area contributed by atoms with Crippen LogP contribution in [0.3, 0.4) is 0 Å². The quantitative estimate of drug-likeness (QED) is 0.181. The van der Waals surface area contributed by atoms with Crippen LogP contribution < -0.4 is 0 Å². The molecule has 0 amide bonds. The normalized spacial score (nSPS) is 53.6. The molecule has 14 heteroatoms. The zero-order valence-corrected chi connectivity index (χ0v) is 16.6. The maximum atomic E-state index is 10.6. The fourth-order valence-corrected chi connectivity index (χ4v) is 3.78. The molecule has 31 heavy (non-hydrogen) atoms. The Balaban J connectivity index is 1.70. The number of hydrogen-bond donors (Lipinski definition) is 9. The molecule has 0 aromatic heterocycles. The van der Waals surface area contributed by atoms with Crippen LogP contribution in [0.4, 0.5) is 0 Å². The van der Waals surface area contributed by atoms with Crippen molar-refractivity contribution in [2.75, 3.05) is 13.2 Å². The van der Waals surface area contributed by atoms with E-state index in [1.54, 1.807) is 0 Å². The molecule has 3 saturated heterocycles. The average Bonchev–Trinajstić information content (AvgIpc) is 3.02. The average molecular weight is 458 g/mol. The molecule has 0 spiro atoms. The van der Waals surface area contributed by atoms with Gasteiger partial charge < -0.3 is 69.6 Å². The molecule has 182 valence electrons. The predicted molar refractivity (Wildman–Crippen MR) is 93.8 cm³/mol. The van der Waals surface area contributed by atoms with E-state index in [2.05, 4.69) is 0 Å². The first kappa shape index (κ1) is 25.1. The van der Waals surface area contributed by atoms with Gasteiger partial charge in [0.15, 0.2) is 18.9 Å². The third-order valence-corrected chi connectivity index (χ3v) is 5.71. The van der Waals surface area contributed by atoms with Crippen molar-refractivity contribution in [3.63, 3.8) is 0 Å². The molecule has 0 aromatic carbocycles. The molecular weight excluding hydrogens is 428 g/mol. The smallest absolute Gasteiger partial charge is 0.187 e. The number of aliphatic hydroxyl groups is 9. The molecule has 3 rings (SSSR count). The summed E-state index contributed by atoms with van der Waals surface area (Å²) in [7, 11) is 0. The second-order valence-electron chi connectivity index (χ2n) is 7.83. The minimum atomic E-state index is -1.78. The second-order valence-corrected chi connectivity index (χ2v) is 7.83. The topological polar surface area (TPSA) is 228 Å². The summed E-state index contributed by atoms with van der Waals surface area (Å²) in [6.07, 6.45) is -20.8. The molecule has 14 atom stereocenters. The van der Waals surface area contributed by atoms with Crippen LogP contribution in [0.5, 0.6) is 0 Å². The van der Waals surface area contributed by atoms with Crippen molar-refractivity contribution in [3.05, 3.63) is 0 Å². The van der Waals surface area contributed by atoms with Crippen molar-refractivity contribution < 1.29 is 69.6 Å². The maximum absolute atomic E-state index is 10.6. The molecule has 9 N–H and O–H groups in total. The third kappa shape index (κ3) is 4.87. The standard InChI is InChI=1S/C17H30O14/c1-4-7(20)13(30-16-11(24)9(22)6(3-19)29-16)12(25)17(27-4)31-14-10(23)8(21)5(2-18)28-15(14)26/h4-26H,2-3H2,1H3/t4-,5+,6+,7-,8+,9+,10-,11+,12+,13+,14+,15?,16-,17-/m0/s1. The van der Waals surface area contributed by atoms with Gasteiger partial charge in [-0.15, -0.1) is 0 Å². The number of rotatable bonds is 6. The van der Waals surface area contributed by atoms with E-state index in [0.29, 0.717) is 0 Å². The summed E-state index contributed by atoms with van der Waals surface area (Å²) in [5.41, 5.74) is 0. The Morgan fingerprint density at radius 3 is 1.68 bits per heavy atom. The van der Waals surface area contributed by atoms with Crippen molar-refractivity contribution in [2.24, 2.45) is 0 Å². The molecule has 3 aliphatic heterocycles. The largest absolute Gasteiger partial charge is 0.394 e. The summed E-state index contributed by atoms with van der Waals surface area (Å²) in [6.45, 7) is 0.142. The van der Waals surface area contributed by atoms with Gasteiger partial charge in [0, 0.05) is 0 Å². The summed E-state index contributed by atoms with van der Waals surface area (Å²) in [6, 6.07) is 0. The SMILES string of the molecule is C[C@@H]1O[C@@H](O[C@H]2C(O)O[C@H](CO)[C@@H](O)[C@@H]2O)[C@H](O)[C@H](O[C@@H]2O[C@H](CO)[C@@H](O)[C@H]2O)[C@H]1O. The lowest BCUT2D eigenvalue weighted by molar-refractivity contribution is -0.368. The van der Waals surface area contributed by atoms with Crippen LogP contribution in [0.25, 0.3) is 0 Å². The number of hydrogen-bond acceptors (Lipinski definition) is 14. The van der Waals surface area contributed by atoms with Gasteiger partial charge in [-0.2, -0.15) is 0 Å². The minimum absolute atomic E-state index is 0.603. The van der Waals surface area contributed by atoms with Crippen molar-refractivity contribution in [2.45, 2.75) is 92.9 Å². The van der Waals surface area contributed by atoms with Gasteiger partial charge >= 0.3 is 0 Å². The Bertz CT molecular complexity index is 581. The molecule has 14 nitrogen and oxygen atoms in total. The Morgan fingerprint density at radius 1 is 0.581 bits per heavy atom. The van der Waals surface area contributed by atoms with Crippen molar-refractivity contribution in [3.8, 4) is 0 Å². The highest BCUT2D eigenvalue weighted by molar-refractivity contribution is 4.95. The molecule has 0 aliphatic carbocycles. The van der Waals surface area contributed by atoms with Crippen molar-refractivity contribution in [1.29, 1.82) is 0 Å². The maximum Gasteiger partial charge on any atom is 0.187 e. The van der Waals surface area contributed by atoms with E-state index in [-0.39, 0.29) is 0 Å². The van der Waals surface area contributed by atoms with Gasteiger partial charge in [-0.3, -0.25) is 0 Å². The highest BCUT2D eigenvalue weighted by Crippen LogP contribution is 2.32. The summed E-state index contributed by atoms with van der Waals surface area (Å²) >= 11 is 0. The van der Waals surface area contributed by atoms with Crippen LogP contribution in [0, 0.1) is 0 Å². The molecule has 0 radical (unpaired) electrons. The van der Waals surface area contributed by atoms with Gasteiger partial charge in [0.1, 0.15) is 61.0 Å². The van der Waals surface area contributed by atoms with E-state index in [4.69, 9.17) is 28.8 Å². The van der Waals surface area contributed by atoms with E-state index in [1.165, 1.54) is 6.92 Å². The zero-order chi connectivity index (χ0) is 23.0. The van der Waals surface area contributed by atoms with Gasteiger partial charge in [0.25, 0.3) is 0 Å². The van der Waals surface area contributed by atoms with Gasteiger partial charge in [-0.05, 0) is 6.92 Å². The van der Waals surface area contributed by atoms with E-state index < -0.39 is 99.2 Å². The molecule has 3 fully saturated rings. The van der Waals surface area contributed by atoms with E-state index in [0.717, 1.165) is 0 Å². The molecule has 0 aromatic rings. The molecule has 1 unspecified atom stereocenters. The molecular formula is C17H30O14. The van der Waals surface area contributed by atoms with Crippen LogP contribution in [-0.2, 0) is 23.7 Å². The van der Waals surface area contributed by atoms with Gasteiger partial charge in [-0.1, -0.05) is 0 Å². The highest BCUT2D eigenvalue weighted by Gasteiger charge is 2.52. The Labute approximate surface area is 176 Å². The highest BCUT2D eigenvalue weighted by atomic mass is 16.8. The lowest BCUT2D eigenvalue weighted by Crippen LogP contribution is -2.64. The summed E-state index contributed by atoms with van der Waals surface area (Å²) in [4.78, 5) is 0. The van der Waals surface area contributed by atoms with Crippen LogP contribution in [0.1, 0.15) is 6.92 Å². The molecule has 3 heterocycles. The van der Waals surface area contributed by atoms with Crippen LogP contribution in [0.15, 0.2) is 0 Å². The van der Waals surface area contributed by atoms with Gasteiger partial charge in [0.2, 0.25) is 0 Å². The predicted octanol–water partition coefficient (Wildman–Crippen LogP) is -5.91. The lowest BCUT2D eigenvalue weighted by Gasteiger charge is -2.46. The minimum Gasteiger partial charge on any atom is -0.394 e. The van der Waals surface area contributed by atoms with E-state index in [1.807, 2.05) is 0 Å². The summed E-state index contributed by atoms with van der Waals surface area (Å²) < 4.78 is 26.4. The first-order valence-electron chi connectivity index (χ1n) is 9.86. The Kier molecular flexibility index (Phi) is 8.21. The summed E-state index contributed by atoms with van der Waals surface area (Å²) in [5, 5.41) is 89.4. The number of aliphatic hydroxyl groups excluding tert-OH is 9. The monoisotopic (exact) mass is 458 g/mol. The molecule has 0 saturated carbocycles. The zero-order valence-electron chi connectivity index (χ0n) is 16.6. The lowest BCUT2D eigenvalue weighted by atomic mass is 9.97. The van der Waals surface area contributed by atoms with Crippen LogP contribution in [-0.4, -0.2) is 145 Å². The number of ether oxygens (including phenoxy) is 5.